The summed E-state index contributed by atoms with van der Waals surface area (Å²) in [5, 5.41) is -1.54. The molecule has 0 fully saturated rings. The van der Waals surface area contributed by atoms with E-state index in [1.807, 2.05) is 6.92 Å². The van der Waals surface area contributed by atoms with Crippen LogP contribution in [0.3, 0.4) is 0 Å². The Morgan fingerprint density at radius 2 is 1.50 bits per heavy atom. The van der Waals surface area contributed by atoms with E-state index in [0.717, 1.165) is 5.56 Å². The largest absolute Gasteiger partial charge is 0.497 e. The molecular weight excluding hydrogens is 400 g/mol. The monoisotopic (exact) mass is 422 g/mol. The molecule has 0 bridgehead atoms. The van der Waals surface area contributed by atoms with Gasteiger partial charge in [-0.1, -0.05) is 60.2 Å². The molecule has 0 saturated heterocycles. The fourth-order valence-electron chi connectivity index (χ4n) is 3.11. The number of aryl methyl sites for hydroxylation is 1. The second-order valence-electron chi connectivity index (χ2n) is 6.94. The Bertz CT molecular complexity index is 1150. The van der Waals surface area contributed by atoms with E-state index in [2.05, 4.69) is 0 Å². The SMILES string of the molecule is COc1cccc(C(=O)[C@H](CC(=O)c2ccccc2)S(=O)(=O)c2ccc(C)cc2)c1. The van der Waals surface area contributed by atoms with Crippen molar-refractivity contribution in [1.29, 1.82) is 0 Å². The van der Waals surface area contributed by atoms with Crippen LogP contribution in [0.15, 0.2) is 83.8 Å². The Balaban J connectivity index is 2.04. The highest BCUT2D eigenvalue weighted by Crippen LogP contribution is 2.25. The number of methoxy groups -OCH3 is 1. The smallest absolute Gasteiger partial charge is 0.189 e. The summed E-state index contributed by atoms with van der Waals surface area (Å²) >= 11 is 0. The third kappa shape index (κ3) is 4.66. The number of hydrogen-bond acceptors (Lipinski definition) is 5. The van der Waals surface area contributed by atoms with Crippen molar-refractivity contribution in [1.82, 2.24) is 0 Å². The Kier molecular flexibility index (Phi) is 6.47. The van der Waals surface area contributed by atoms with Crippen molar-refractivity contribution >= 4 is 21.4 Å². The van der Waals surface area contributed by atoms with E-state index in [-0.39, 0.29) is 10.5 Å². The van der Waals surface area contributed by atoms with Gasteiger partial charge in [-0.2, -0.15) is 0 Å². The molecule has 6 heteroatoms. The third-order valence-corrected chi connectivity index (χ3v) is 6.90. The zero-order valence-corrected chi connectivity index (χ0v) is 17.6. The first-order valence-electron chi connectivity index (χ1n) is 9.40. The molecule has 0 aromatic heterocycles. The summed E-state index contributed by atoms with van der Waals surface area (Å²) in [6.07, 6.45) is -0.448. The molecule has 0 N–H and O–H groups in total. The Morgan fingerprint density at radius 1 is 0.867 bits per heavy atom. The van der Waals surface area contributed by atoms with Crippen LogP contribution in [0.4, 0.5) is 0 Å². The number of carbonyl (C=O) groups excluding carboxylic acids is 2. The average molecular weight is 423 g/mol. The van der Waals surface area contributed by atoms with Crippen molar-refractivity contribution in [2.75, 3.05) is 7.11 Å². The molecule has 0 spiro atoms. The highest BCUT2D eigenvalue weighted by molar-refractivity contribution is 7.92. The van der Waals surface area contributed by atoms with Crippen LogP contribution in [0.1, 0.15) is 32.7 Å². The van der Waals surface area contributed by atoms with Crippen LogP contribution in [-0.2, 0) is 9.84 Å². The van der Waals surface area contributed by atoms with Crippen LogP contribution in [0.2, 0.25) is 0 Å². The number of ether oxygens (including phenoxy) is 1. The first-order chi connectivity index (χ1) is 14.3. The number of rotatable bonds is 8. The Hall–Kier alpha value is -3.25. The second-order valence-corrected chi connectivity index (χ2v) is 9.07. The lowest BCUT2D eigenvalue weighted by molar-refractivity contribution is 0.0920. The second kappa shape index (κ2) is 9.05. The summed E-state index contributed by atoms with van der Waals surface area (Å²) in [7, 11) is -2.64. The lowest BCUT2D eigenvalue weighted by Gasteiger charge is -2.17. The fraction of sp³-hybridized carbons (Fsp3) is 0.167. The van der Waals surface area contributed by atoms with Crippen LogP contribution in [0, 0.1) is 6.92 Å². The molecular formula is C24H22O5S. The predicted molar refractivity (Wildman–Crippen MR) is 115 cm³/mol. The maximum Gasteiger partial charge on any atom is 0.189 e. The Labute approximate surface area is 176 Å². The summed E-state index contributed by atoms with van der Waals surface area (Å²) in [4.78, 5) is 26.1. The quantitative estimate of drug-likeness (QED) is 0.506. The minimum atomic E-state index is -4.10. The van der Waals surface area contributed by atoms with Gasteiger partial charge >= 0.3 is 0 Å². The van der Waals surface area contributed by atoms with Crippen molar-refractivity contribution in [3.63, 3.8) is 0 Å². The number of carbonyl (C=O) groups is 2. The molecule has 5 nitrogen and oxygen atoms in total. The highest BCUT2D eigenvalue weighted by atomic mass is 32.2. The number of ketones is 2. The van der Waals surface area contributed by atoms with E-state index in [1.54, 1.807) is 54.6 Å². The van der Waals surface area contributed by atoms with Crippen LogP contribution < -0.4 is 4.74 Å². The molecule has 0 aliphatic heterocycles. The third-order valence-electron chi connectivity index (χ3n) is 4.84. The summed E-state index contributed by atoms with van der Waals surface area (Å²) in [6.45, 7) is 1.84. The van der Waals surface area contributed by atoms with E-state index in [9.17, 15) is 18.0 Å². The molecule has 0 amide bonds. The van der Waals surface area contributed by atoms with Gasteiger partial charge < -0.3 is 4.74 Å². The van der Waals surface area contributed by atoms with Crippen LogP contribution in [0.5, 0.6) is 5.75 Å². The number of Topliss-reactive ketones (excluding diaryl/α,β-unsaturated/α-hetero) is 2. The van der Waals surface area contributed by atoms with E-state index < -0.39 is 33.1 Å². The van der Waals surface area contributed by atoms with Gasteiger partial charge in [0.1, 0.15) is 11.0 Å². The van der Waals surface area contributed by atoms with Crippen molar-refractivity contribution in [2.45, 2.75) is 23.5 Å². The lowest BCUT2D eigenvalue weighted by Crippen LogP contribution is -2.33. The molecule has 3 rings (SSSR count). The van der Waals surface area contributed by atoms with Gasteiger partial charge in [-0.05, 0) is 31.2 Å². The normalized spacial score (nSPS) is 12.2. The maximum absolute atomic E-state index is 13.4. The van der Waals surface area contributed by atoms with Crippen LogP contribution in [0.25, 0.3) is 0 Å². The van der Waals surface area contributed by atoms with Crippen LogP contribution in [-0.4, -0.2) is 32.3 Å². The molecule has 0 radical (unpaired) electrons. The molecule has 3 aromatic rings. The van der Waals surface area contributed by atoms with E-state index >= 15 is 0 Å². The van der Waals surface area contributed by atoms with Gasteiger partial charge in [-0.25, -0.2) is 8.42 Å². The molecule has 154 valence electrons. The standard InChI is InChI=1S/C24H22O5S/c1-17-11-13-21(14-12-17)30(27,28)23(16-22(25)18-7-4-3-5-8-18)24(26)19-9-6-10-20(15-19)29-2/h3-15,23H,16H2,1-2H3/t23-/m0/s1. The molecule has 0 heterocycles. The van der Waals surface area contributed by atoms with Gasteiger partial charge in [0.05, 0.1) is 12.0 Å². The van der Waals surface area contributed by atoms with Crippen molar-refractivity contribution in [2.24, 2.45) is 0 Å². The van der Waals surface area contributed by atoms with Crippen molar-refractivity contribution in [3.05, 3.63) is 95.6 Å². The van der Waals surface area contributed by atoms with Gasteiger partial charge in [0, 0.05) is 17.5 Å². The first kappa shape index (κ1) is 21.5. The molecule has 30 heavy (non-hydrogen) atoms. The average Bonchev–Trinajstić information content (AvgIpc) is 2.77. The summed E-state index contributed by atoms with van der Waals surface area (Å²) < 4.78 is 31.9. The Morgan fingerprint density at radius 3 is 2.13 bits per heavy atom. The fourth-order valence-corrected chi connectivity index (χ4v) is 4.74. The molecule has 1 atom stereocenters. The van der Waals surface area contributed by atoms with E-state index in [1.165, 1.54) is 31.4 Å². The van der Waals surface area contributed by atoms with Gasteiger partial charge in [0.15, 0.2) is 21.4 Å². The van der Waals surface area contributed by atoms with Gasteiger partial charge in [-0.3, -0.25) is 9.59 Å². The molecule has 3 aromatic carbocycles. The first-order valence-corrected chi connectivity index (χ1v) is 10.9. The van der Waals surface area contributed by atoms with Gasteiger partial charge in [0.25, 0.3) is 0 Å². The van der Waals surface area contributed by atoms with Gasteiger partial charge in [0.2, 0.25) is 0 Å². The molecule has 0 aliphatic carbocycles. The maximum atomic E-state index is 13.4. The number of benzene rings is 3. The number of hydrogen-bond donors (Lipinski definition) is 0. The summed E-state index contributed by atoms with van der Waals surface area (Å²) in [6, 6.07) is 20.9. The molecule has 0 saturated carbocycles. The molecule has 0 aliphatic rings. The zero-order chi connectivity index (χ0) is 21.7. The summed E-state index contributed by atoms with van der Waals surface area (Å²) in [5.41, 5.74) is 1.43. The van der Waals surface area contributed by atoms with Crippen molar-refractivity contribution in [3.8, 4) is 5.75 Å². The van der Waals surface area contributed by atoms with Crippen molar-refractivity contribution < 1.29 is 22.7 Å². The minimum absolute atomic E-state index is 0.00945. The lowest BCUT2D eigenvalue weighted by atomic mass is 10.0. The number of sulfone groups is 1. The highest BCUT2D eigenvalue weighted by Gasteiger charge is 2.36. The predicted octanol–water partition coefficient (Wildman–Crippen LogP) is 4.30. The van der Waals surface area contributed by atoms with E-state index in [4.69, 9.17) is 4.74 Å². The topological polar surface area (TPSA) is 77.5 Å². The summed E-state index contributed by atoms with van der Waals surface area (Å²) in [5.74, 6) is -0.618. The molecule has 0 unspecified atom stereocenters. The minimum Gasteiger partial charge on any atom is -0.497 e. The van der Waals surface area contributed by atoms with Gasteiger partial charge in [-0.15, -0.1) is 0 Å². The zero-order valence-electron chi connectivity index (χ0n) is 16.7. The van der Waals surface area contributed by atoms with Crippen LogP contribution >= 0.6 is 0 Å². The van der Waals surface area contributed by atoms with E-state index in [0.29, 0.717) is 11.3 Å².